The summed E-state index contributed by atoms with van der Waals surface area (Å²) < 4.78 is 6.09. The molecule has 1 aliphatic rings. The summed E-state index contributed by atoms with van der Waals surface area (Å²) in [7, 11) is 0. The van der Waals surface area contributed by atoms with Crippen molar-refractivity contribution in [1.82, 2.24) is 0 Å². The number of halogens is 2. The Morgan fingerprint density at radius 2 is 2.03 bits per heavy atom. The largest absolute Gasteiger partial charge is 0.455 e. The maximum Gasteiger partial charge on any atom is 0.311 e. The normalized spacial score (nSPS) is 15.9. The van der Waals surface area contributed by atoms with Crippen LogP contribution in [0.2, 0.25) is 5.02 Å². The van der Waals surface area contributed by atoms with Gasteiger partial charge < -0.3 is 15.0 Å². The summed E-state index contributed by atoms with van der Waals surface area (Å²) in [6.07, 6.45) is 0.788. The van der Waals surface area contributed by atoms with E-state index in [-0.39, 0.29) is 18.9 Å². The number of esters is 1. The smallest absolute Gasteiger partial charge is 0.311 e. The van der Waals surface area contributed by atoms with Crippen LogP contribution in [-0.2, 0) is 25.5 Å². The van der Waals surface area contributed by atoms with Crippen LogP contribution in [0.4, 0.5) is 11.4 Å². The Morgan fingerprint density at radius 3 is 2.73 bits per heavy atom. The number of amides is 2. The number of benzene rings is 2. The molecule has 0 unspecified atom stereocenters. The highest BCUT2D eigenvalue weighted by Crippen LogP contribution is 2.29. The molecule has 0 radical (unpaired) electrons. The molecule has 0 bridgehead atoms. The lowest BCUT2D eigenvalue weighted by atomic mass is 10.1. The third-order valence-corrected chi connectivity index (χ3v) is 5.89. The Bertz CT molecular complexity index is 995. The van der Waals surface area contributed by atoms with E-state index in [1.165, 1.54) is 4.90 Å². The van der Waals surface area contributed by atoms with E-state index in [9.17, 15) is 14.4 Å². The van der Waals surface area contributed by atoms with Crippen molar-refractivity contribution in [3.8, 4) is 0 Å². The van der Waals surface area contributed by atoms with E-state index in [0.717, 1.165) is 22.0 Å². The van der Waals surface area contributed by atoms with Crippen LogP contribution < -0.4 is 10.2 Å². The zero-order valence-corrected chi connectivity index (χ0v) is 19.0. The van der Waals surface area contributed by atoms with E-state index in [4.69, 9.17) is 16.3 Å². The number of hydrogen-bond donors (Lipinski definition) is 1. The lowest BCUT2D eigenvalue weighted by Crippen LogP contribution is -2.28. The van der Waals surface area contributed by atoms with Crippen molar-refractivity contribution < 1.29 is 19.1 Å². The van der Waals surface area contributed by atoms with E-state index in [1.54, 1.807) is 18.2 Å². The van der Waals surface area contributed by atoms with Crippen LogP contribution in [0.25, 0.3) is 0 Å². The molecule has 8 heteroatoms. The molecule has 2 amide bonds. The lowest BCUT2D eigenvalue weighted by Gasteiger charge is -2.17. The summed E-state index contributed by atoms with van der Waals surface area (Å²) >= 11 is 9.55. The third-order valence-electron chi connectivity index (χ3n) is 4.99. The monoisotopic (exact) mass is 492 g/mol. The number of rotatable bonds is 6. The first-order valence-corrected chi connectivity index (χ1v) is 10.8. The molecule has 30 heavy (non-hydrogen) atoms. The Morgan fingerprint density at radius 1 is 1.27 bits per heavy atom. The van der Waals surface area contributed by atoms with Crippen LogP contribution >= 0.6 is 27.5 Å². The second kappa shape index (κ2) is 9.62. The van der Waals surface area contributed by atoms with Crippen LogP contribution in [0.5, 0.6) is 0 Å². The maximum absolute atomic E-state index is 12.4. The molecule has 1 aliphatic heterocycles. The van der Waals surface area contributed by atoms with Crippen LogP contribution in [0.1, 0.15) is 24.5 Å². The summed E-state index contributed by atoms with van der Waals surface area (Å²) in [6, 6.07) is 10.9. The summed E-state index contributed by atoms with van der Waals surface area (Å²) in [5.74, 6) is -1.79. The van der Waals surface area contributed by atoms with Crippen molar-refractivity contribution in [2.75, 3.05) is 23.4 Å². The molecule has 0 aromatic heterocycles. The fourth-order valence-electron chi connectivity index (χ4n) is 3.28. The van der Waals surface area contributed by atoms with Gasteiger partial charge in [0.25, 0.3) is 5.91 Å². The van der Waals surface area contributed by atoms with Gasteiger partial charge in [-0.25, -0.2) is 0 Å². The standard InChI is InChI=1S/C22H22BrClN2O4/c1-3-14-8-16(23)5-7-19(14)25-20(27)12-30-22(29)15-9-21(28)26(11-15)17-6-4-13(2)18(24)10-17/h4-8,10,15H,3,9,11-12H2,1-2H3,(H,25,27)/t15-/m0/s1. The highest BCUT2D eigenvalue weighted by atomic mass is 79.9. The first kappa shape index (κ1) is 22.3. The van der Waals surface area contributed by atoms with Crippen molar-refractivity contribution in [2.24, 2.45) is 5.92 Å². The minimum absolute atomic E-state index is 0.0403. The van der Waals surface area contributed by atoms with Crippen LogP contribution in [0, 0.1) is 12.8 Å². The van der Waals surface area contributed by atoms with Crippen molar-refractivity contribution in [2.45, 2.75) is 26.7 Å². The maximum atomic E-state index is 12.4. The quantitative estimate of drug-likeness (QED) is 0.601. The van der Waals surface area contributed by atoms with Crippen molar-refractivity contribution >= 4 is 56.7 Å². The number of nitrogens with zero attached hydrogens (tertiary/aromatic N) is 1. The predicted molar refractivity (Wildman–Crippen MR) is 120 cm³/mol. The third kappa shape index (κ3) is 5.21. The summed E-state index contributed by atoms with van der Waals surface area (Å²) in [5, 5.41) is 3.32. The molecular weight excluding hydrogens is 472 g/mol. The van der Waals surface area contributed by atoms with Gasteiger partial charge in [0, 0.05) is 33.8 Å². The van der Waals surface area contributed by atoms with Crippen molar-refractivity contribution in [3.63, 3.8) is 0 Å². The van der Waals surface area contributed by atoms with Gasteiger partial charge in [-0.15, -0.1) is 0 Å². The first-order chi connectivity index (χ1) is 14.3. The van der Waals surface area contributed by atoms with E-state index < -0.39 is 24.4 Å². The second-order valence-electron chi connectivity index (χ2n) is 7.15. The molecule has 0 saturated carbocycles. The molecule has 3 rings (SSSR count). The van der Waals surface area contributed by atoms with Gasteiger partial charge in [-0.1, -0.05) is 40.5 Å². The predicted octanol–water partition coefficient (Wildman–Crippen LogP) is 4.51. The zero-order chi connectivity index (χ0) is 21.8. The molecule has 0 spiro atoms. The van der Waals surface area contributed by atoms with Crippen LogP contribution in [0.3, 0.4) is 0 Å². The molecule has 6 nitrogen and oxygen atoms in total. The average molecular weight is 494 g/mol. The fourth-order valence-corrected chi connectivity index (χ4v) is 3.87. The van der Waals surface area contributed by atoms with Gasteiger partial charge >= 0.3 is 5.97 Å². The van der Waals surface area contributed by atoms with Gasteiger partial charge in [0.2, 0.25) is 5.91 Å². The molecule has 0 aliphatic carbocycles. The number of ether oxygens (including phenoxy) is 1. The zero-order valence-electron chi connectivity index (χ0n) is 16.7. The number of hydrogen-bond acceptors (Lipinski definition) is 4. The van der Waals surface area contributed by atoms with Crippen molar-refractivity contribution in [1.29, 1.82) is 0 Å². The van der Waals surface area contributed by atoms with E-state index in [1.807, 2.05) is 32.0 Å². The molecule has 2 aromatic carbocycles. The van der Waals surface area contributed by atoms with E-state index in [0.29, 0.717) is 16.4 Å². The van der Waals surface area contributed by atoms with E-state index in [2.05, 4.69) is 21.2 Å². The minimum Gasteiger partial charge on any atom is -0.455 e. The minimum atomic E-state index is -0.621. The van der Waals surface area contributed by atoms with Gasteiger partial charge in [-0.05, 0) is 54.8 Å². The second-order valence-corrected chi connectivity index (χ2v) is 8.47. The molecule has 1 fully saturated rings. The summed E-state index contributed by atoms with van der Waals surface area (Å²) in [5.41, 5.74) is 3.20. The number of carbonyl (C=O) groups is 3. The van der Waals surface area contributed by atoms with Gasteiger partial charge in [-0.2, -0.15) is 0 Å². The molecule has 1 heterocycles. The van der Waals surface area contributed by atoms with Gasteiger partial charge in [-0.3, -0.25) is 14.4 Å². The first-order valence-electron chi connectivity index (χ1n) is 9.60. The highest BCUT2D eigenvalue weighted by molar-refractivity contribution is 9.10. The molecule has 1 atom stereocenters. The topological polar surface area (TPSA) is 75.7 Å². The SMILES string of the molecule is CCc1cc(Br)ccc1NC(=O)COC(=O)[C@H]1CC(=O)N(c2ccc(C)c(Cl)c2)C1. The van der Waals surface area contributed by atoms with Crippen molar-refractivity contribution in [3.05, 3.63) is 57.0 Å². The molecule has 1 saturated heterocycles. The van der Waals surface area contributed by atoms with Crippen LogP contribution in [0.15, 0.2) is 40.9 Å². The highest BCUT2D eigenvalue weighted by Gasteiger charge is 2.36. The Hall–Kier alpha value is -2.38. The van der Waals surface area contributed by atoms with Crippen LogP contribution in [-0.4, -0.2) is 30.9 Å². The van der Waals surface area contributed by atoms with Gasteiger partial charge in [0.05, 0.1) is 5.92 Å². The van der Waals surface area contributed by atoms with E-state index >= 15 is 0 Å². The van der Waals surface area contributed by atoms with Gasteiger partial charge in [0.1, 0.15) is 0 Å². The lowest BCUT2D eigenvalue weighted by molar-refractivity contribution is -0.151. The number of nitrogens with one attached hydrogen (secondary N) is 1. The Labute approximate surface area is 188 Å². The molecule has 1 N–H and O–H groups in total. The Kier molecular flexibility index (Phi) is 7.15. The molecular formula is C22H22BrClN2O4. The number of aryl methyl sites for hydroxylation is 2. The molecule has 2 aromatic rings. The van der Waals surface area contributed by atoms with Gasteiger partial charge in [0.15, 0.2) is 6.61 Å². The summed E-state index contributed by atoms with van der Waals surface area (Å²) in [4.78, 5) is 38.5. The molecule has 158 valence electrons. The number of anilines is 2. The average Bonchev–Trinajstić information content (AvgIpc) is 3.11. The summed E-state index contributed by atoms with van der Waals surface area (Å²) in [6.45, 7) is 3.66. The fraction of sp³-hybridized carbons (Fsp3) is 0.318. The Balaban J connectivity index is 1.55. The number of carbonyl (C=O) groups excluding carboxylic acids is 3.